The molecular weight excluding hydrogens is 154 g/mol. The fourth-order valence-electron chi connectivity index (χ4n) is 1.57. The third kappa shape index (κ3) is 2.73. The fraction of sp³-hybridized carbons (Fsp3) is 1.00. The number of ether oxygens (including phenoxy) is 1. The van der Waals surface area contributed by atoms with E-state index in [0.29, 0.717) is 12.5 Å². The van der Waals surface area contributed by atoms with Crippen LogP contribution in [0.2, 0.25) is 0 Å². The Balaban J connectivity index is 2.36. The Bertz CT molecular complexity index is 128. The summed E-state index contributed by atoms with van der Waals surface area (Å²) in [6.45, 7) is 8.13. The molecular formula is C9H19NO2. The summed E-state index contributed by atoms with van der Waals surface area (Å²) in [5, 5.41) is 9.05. The molecule has 1 aliphatic rings. The quantitative estimate of drug-likeness (QED) is 0.668. The molecule has 0 aliphatic carbocycles. The van der Waals surface area contributed by atoms with Gasteiger partial charge in [-0.25, -0.2) is 0 Å². The van der Waals surface area contributed by atoms with Crippen LogP contribution in [-0.2, 0) is 4.74 Å². The molecule has 0 amide bonds. The second kappa shape index (κ2) is 4.80. The standard InChI is InChI=1S/C9H19NO2/c1-8(2)5-10-3-4-12-7-9(10)6-11/h8-9,11H,3-7H2,1-2H3/t9-/m0/s1. The number of hydrogen-bond acceptors (Lipinski definition) is 3. The van der Waals surface area contributed by atoms with Crippen molar-refractivity contribution in [1.82, 2.24) is 4.90 Å². The summed E-state index contributed by atoms with van der Waals surface area (Å²) < 4.78 is 5.28. The van der Waals surface area contributed by atoms with Gasteiger partial charge in [-0.15, -0.1) is 0 Å². The van der Waals surface area contributed by atoms with E-state index in [4.69, 9.17) is 9.84 Å². The van der Waals surface area contributed by atoms with E-state index in [1.54, 1.807) is 0 Å². The molecule has 3 heteroatoms. The highest BCUT2D eigenvalue weighted by atomic mass is 16.5. The zero-order valence-electron chi connectivity index (χ0n) is 7.99. The normalized spacial score (nSPS) is 26.5. The van der Waals surface area contributed by atoms with E-state index < -0.39 is 0 Å². The Morgan fingerprint density at radius 1 is 1.58 bits per heavy atom. The fourth-order valence-corrected chi connectivity index (χ4v) is 1.57. The van der Waals surface area contributed by atoms with E-state index in [0.717, 1.165) is 19.7 Å². The summed E-state index contributed by atoms with van der Waals surface area (Å²) in [7, 11) is 0. The van der Waals surface area contributed by atoms with Gasteiger partial charge >= 0.3 is 0 Å². The van der Waals surface area contributed by atoms with Crippen LogP contribution in [0.15, 0.2) is 0 Å². The second-order valence-corrected chi connectivity index (χ2v) is 3.80. The lowest BCUT2D eigenvalue weighted by molar-refractivity contribution is -0.0316. The number of nitrogens with zero attached hydrogens (tertiary/aromatic N) is 1. The Kier molecular flexibility index (Phi) is 3.98. The molecule has 3 nitrogen and oxygen atoms in total. The van der Waals surface area contributed by atoms with Gasteiger partial charge in [-0.3, -0.25) is 4.90 Å². The Morgan fingerprint density at radius 2 is 2.33 bits per heavy atom. The highest BCUT2D eigenvalue weighted by Crippen LogP contribution is 2.08. The van der Waals surface area contributed by atoms with E-state index in [-0.39, 0.29) is 12.6 Å². The number of aliphatic hydroxyl groups is 1. The average Bonchev–Trinajstić information content (AvgIpc) is 2.04. The Labute approximate surface area is 74.3 Å². The van der Waals surface area contributed by atoms with Crippen LogP contribution in [-0.4, -0.2) is 49.0 Å². The minimum absolute atomic E-state index is 0.215. The number of morpholine rings is 1. The lowest BCUT2D eigenvalue weighted by Gasteiger charge is -2.35. The molecule has 0 aromatic carbocycles. The maximum atomic E-state index is 9.05. The molecule has 1 N–H and O–H groups in total. The maximum Gasteiger partial charge on any atom is 0.0644 e. The number of aliphatic hydroxyl groups excluding tert-OH is 1. The van der Waals surface area contributed by atoms with Gasteiger partial charge in [0.25, 0.3) is 0 Å². The van der Waals surface area contributed by atoms with Crippen LogP contribution in [0.25, 0.3) is 0 Å². The molecule has 1 rings (SSSR count). The van der Waals surface area contributed by atoms with Gasteiger partial charge in [-0.1, -0.05) is 13.8 Å². The van der Waals surface area contributed by atoms with Crippen LogP contribution in [0.4, 0.5) is 0 Å². The molecule has 12 heavy (non-hydrogen) atoms. The molecule has 1 atom stereocenters. The second-order valence-electron chi connectivity index (χ2n) is 3.80. The van der Waals surface area contributed by atoms with Crippen molar-refractivity contribution in [3.63, 3.8) is 0 Å². The summed E-state index contributed by atoms with van der Waals surface area (Å²) >= 11 is 0. The van der Waals surface area contributed by atoms with Crippen LogP contribution >= 0.6 is 0 Å². The monoisotopic (exact) mass is 173 g/mol. The molecule has 0 aromatic rings. The maximum absolute atomic E-state index is 9.05. The SMILES string of the molecule is CC(C)CN1CCOC[C@@H]1CO. The molecule has 1 heterocycles. The topological polar surface area (TPSA) is 32.7 Å². The van der Waals surface area contributed by atoms with Crippen molar-refractivity contribution in [3.8, 4) is 0 Å². The smallest absolute Gasteiger partial charge is 0.0644 e. The van der Waals surface area contributed by atoms with Gasteiger partial charge in [-0.05, 0) is 5.92 Å². The van der Waals surface area contributed by atoms with Gasteiger partial charge in [0.05, 0.1) is 25.9 Å². The van der Waals surface area contributed by atoms with Crippen molar-refractivity contribution < 1.29 is 9.84 Å². The van der Waals surface area contributed by atoms with Gasteiger partial charge in [-0.2, -0.15) is 0 Å². The third-order valence-corrected chi connectivity index (χ3v) is 2.16. The molecule has 1 fully saturated rings. The Hall–Kier alpha value is -0.120. The van der Waals surface area contributed by atoms with Crippen molar-refractivity contribution in [2.75, 3.05) is 32.9 Å². The van der Waals surface area contributed by atoms with Crippen LogP contribution in [0.5, 0.6) is 0 Å². The van der Waals surface area contributed by atoms with Crippen LogP contribution in [0, 0.1) is 5.92 Å². The molecule has 0 spiro atoms. The lowest BCUT2D eigenvalue weighted by Crippen LogP contribution is -2.48. The van der Waals surface area contributed by atoms with Gasteiger partial charge in [0.1, 0.15) is 0 Å². The summed E-state index contributed by atoms with van der Waals surface area (Å²) in [5.74, 6) is 0.664. The molecule has 1 saturated heterocycles. The minimum atomic E-state index is 0.215. The van der Waals surface area contributed by atoms with Crippen molar-refractivity contribution in [3.05, 3.63) is 0 Å². The van der Waals surface area contributed by atoms with Gasteiger partial charge in [0.15, 0.2) is 0 Å². The largest absolute Gasteiger partial charge is 0.395 e. The zero-order chi connectivity index (χ0) is 8.97. The first kappa shape index (κ1) is 9.96. The van der Waals surface area contributed by atoms with E-state index in [2.05, 4.69) is 18.7 Å². The molecule has 0 radical (unpaired) electrons. The first-order valence-electron chi connectivity index (χ1n) is 4.66. The zero-order valence-corrected chi connectivity index (χ0v) is 7.99. The lowest BCUT2D eigenvalue weighted by atomic mass is 10.1. The van der Waals surface area contributed by atoms with Crippen molar-refractivity contribution in [1.29, 1.82) is 0 Å². The average molecular weight is 173 g/mol. The predicted octanol–water partition coefficient (Wildman–Crippen LogP) is 0.336. The van der Waals surface area contributed by atoms with Gasteiger partial charge < -0.3 is 9.84 Å². The summed E-state index contributed by atoms with van der Waals surface area (Å²) in [5.41, 5.74) is 0. The highest BCUT2D eigenvalue weighted by Gasteiger charge is 2.22. The van der Waals surface area contributed by atoms with Gasteiger partial charge in [0, 0.05) is 13.1 Å². The first-order chi connectivity index (χ1) is 5.74. The molecule has 0 saturated carbocycles. The van der Waals surface area contributed by atoms with E-state index in [1.165, 1.54) is 0 Å². The van der Waals surface area contributed by atoms with Crippen LogP contribution in [0.1, 0.15) is 13.8 Å². The Morgan fingerprint density at radius 3 is 2.92 bits per heavy atom. The van der Waals surface area contributed by atoms with Crippen LogP contribution < -0.4 is 0 Å². The molecule has 1 aliphatic heterocycles. The van der Waals surface area contributed by atoms with Crippen molar-refractivity contribution in [2.24, 2.45) is 5.92 Å². The molecule has 0 aromatic heterocycles. The summed E-state index contributed by atoms with van der Waals surface area (Å²) in [4.78, 5) is 2.31. The van der Waals surface area contributed by atoms with E-state index in [1.807, 2.05) is 0 Å². The highest BCUT2D eigenvalue weighted by molar-refractivity contribution is 4.74. The summed E-state index contributed by atoms with van der Waals surface area (Å²) in [6, 6.07) is 0.223. The number of hydrogen-bond donors (Lipinski definition) is 1. The molecule has 0 unspecified atom stereocenters. The molecule has 72 valence electrons. The molecule has 0 bridgehead atoms. The predicted molar refractivity (Wildman–Crippen MR) is 48.1 cm³/mol. The van der Waals surface area contributed by atoms with Crippen LogP contribution in [0.3, 0.4) is 0 Å². The first-order valence-corrected chi connectivity index (χ1v) is 4.66. The number of rotatable bonds is 3. The van der Waals surface area contributed by atoms with Crippen molar-refractivity contribution >= 4 is 0 Å². The van der Waals surface area contributed by atoms with Crippen molar-refractivity contribution in [2.45, 2.75) is 19.9 Å². The van der Waals surface area contributed by atoms with E-state index in [9.17, 15) is 0 Å². The van der Waals surface area contributed by atoms with Gasteiger partial charge in [0.2, 0.25) is 0 Å². The van der Waals surface area contributed by atoms with E-state index >= 15 is 0 Å². The third-order valence-electron chi connectivity index (χ3n) is 2.16. The summed E-state index contributed by atoms with van der Waals surface area (Å²) in [6.07, 6.45) is 0. The minimum Gasteiger partial charge on any atom is -0.395 e.